The van der Waals surface area contributed by atoms with Gasteiger partial charge in [0.25, 0.3) is 0 Å². The number of benzene rings is 3. The minimum Gasteiger partial charge on any atom is -0.369 e. The number of guanidine groups is 1. The van der Waals surface area contributed by atoms with Gasteiger partial charge >= 0.3 is 0 Å². The van der Waals surface area contributed by atoms with Gasteiger partial charge < -0.3 is 11.5 Å². The maximum Gasteiger partial charge on any atom is 0.211 e. The van der Waals surface area contributed by atoms with Crippen molar-refractivity contribution in [1.82, 2.24) is 0 Å². The van der Waals surface area contributed by atoms with Crippen LogP contribution in [0.25, 0.3) is 21.5 Å². The van der Waals surface area contributed by atoms with E-state index in [1.807, 2.05) is 19.1 Å². The molecule has 0 saturated carbocycles. The Bertz CT molecular complexity index is 880. The molecule has 4 nitrogen and oxygen atoms in total. The largest absolute Gasteiger partial charge is 0.369 e. The Morgan fingerprint density at radius 1 is 0.818 bits per heavy atom. The van der Waals surface area contributed by atoms with E-state index in [1.54, 1.807) is 0 Å². The van der Waals surface area contributed by atoms with Gasteiger partial charge in [0.1, 0.15) is 0 Å². The summed E-state index contributed by atoms with van der Waals surface area (Å²) in [5, 5.41) is 12.6. The lowest BCUT2D eigenvalue weighted by atomic mass is 9.99. The normalized spacial score (nSPS) is 11.2. The average Bonchev–Trinajstić information content (AvgIpc) is 2.52. The highest BCUT2D eigenvalue weighted by atomic mass is 35.5. The molecule has 0 aliphatic heterocycles. The van der Waals surface area contributed by atoms with E-state index in [9.17, 15) is 0 Å². The van der Waals surface area contributed by atoms with Gasteiger partial charge in [0.15, 0.2) is 0 Å². The van der Waals surface area contributed by atoms with Crippen molar-refractivity contribution in [3.63, 3.8) is 0 Å². The molecule has 0 aliphatic carbocycles. The highest BCUT2D eigenvalue weighted by Crippen LogP contribution is 2.26. The van der Waals surface area contributed by atoms with Crippen LogP contribution in [-0.4, -0.2) is 11.7 Å². The second-order valence-corrected chi connectivity index (χ2v) is 4.93. The predicted molar refractivity (Wildman–Crippen MR) is 96.7 cm³/mol. The molecular weight excluding hydrogens is 296 g/mol. The predicted octanol–water partition coefficient (Wildman–Crippen LogP) is 3.41. The molecule has 3 aromatic carbocycles. The monoisotopic (exact) mass is 312 g/mol. The highest BCUT2D eigenvalue weighted by molar-refractivity contribution is 6.10. The summed E-state index contributed by atoms with van der Waals surface area (Å²) in [6, 6.07) is 18.8. The van der Waals surface area contributed by atoms with Crippen molar-refractivity contribution in [2.75, 3.05) is 0 Å². The van der Waals surface area contributed by atoms with Crippen LogP contribution in [0.15, 0.2) is 64.8 Å². The van der Waals surface area contributed by atoms with Crippen LogP contribution in [0.5, 0.6) is 0 Å². The van der Waals surface area contributed by atoms with Crippen LogP contribution in [0.2, 0.25) is 0 Å². The number of fused-ring (bicyclic) bond motifs is 3. The van der Waals surface area contributed by atoms with Crippen molar-refractivity contribution < 1.29 is 0 Å². The van der Waals surface area contributed by atoms with Gasteiger partial charge in [-0.05, 0) is 40.1 Å². The van der Waals surface area contributed by atoms with Gasteiger partial charge in [-0.1, -0.05) is 48.5 Å². The Labute approximate surface area is 134 Å². The Morgan fingerprint density at radius 3 is 2.18 bits per heavy atom. The molecule has 4 N–H and O–H groups in total. The molecule has 5 heteroatoms. The third kappa shape index (κ3) is 3.02. The lowest BCUT2D eigenvalue weighted by Gasteiger charge is -2.06. The zero-order valence-electron chi connectivity index (χ0n) is 12.2. The van der Waals surface area contributed by atoms with Gasteiger partial charge in [-0.15, -0.1) is 17.5 Å². The van der Waals surface area contributed by atoms with E-state index in [1.165, 1.54) is 21.5 Å². The van der Waals surface area contributed by atoms with Crippen molar-refractivity contribution >= 4 is 45.6 Å². The first-order valence-corrected chi connectivity index (χ1v) is 6.70. The summed E-state index contributed by atoms with van der Waals surface area (Å²) in [6.45, 7) is 1.89. The maximum atomic E-state index is 5.30. The molecule has 0 radical (unpaired) electrons. The van der Waals surface area contributed by atoms with Crippen molar-refractivity contribution in [2.45, 2.75) is 6.92 Å². The Hall–Kier alpha value is -2.59. The van der Waals surface area contributed by atoms with Gasteiger partial charge in [0.2, 0.25) is 5.96 Å². The molecule has 0 aromatic heterocycles. The van der Waals surface area contributed by atoms with E-state index >= 15 is 0 Å². The van der Waals surface area contributed by atoms with Crippen LogP contribution in [0.1, 0.15) is 12.5 Å². The number of hydrogen-bond acceptors (Lipinski definition) is 2. The number of nitrogens with zero attached hydrogens (tertiary/aromatic N) is 2. The first-order valence-electron chi connectivity index (χ1n) is 6.70. The van der Waals surface area contributed by atoms with Crippen LogP contribution in [0.3, 0.4) is 0 Å². The van der Waals surface area contributed by atoms with Gasteiger partial charge in [-0.2, -0.15) is 5.10 Å². The fourth-order valence-electron chi connectivity index (χ4n) is 2.42. The standard InChI is InChI=1S/C17H16N4.ClH/c1-11(20-21-17(18)19)14-9-8-13-7-6-12-4-2-3-5-15(12)16(13)10-14;/h2-10H,1H3,(H4,18,19,21);1H/b20-11+;. The summed E-state index contributed by atoms with van der Waals surface area (Å²) in [7, 11) is 0. The smallest absolute Gasteiger partial charge is 0.211 e. The summed E-state index contributed by atoms with van der Waals surface area (Å²) in [5.41, 5.74) is 12.4. The number of nitrogens with two attached hydrogens (primary N) is 2. The number of rotatable bonds is 2. The second-order valence-electron chi connectivity index (χ2n) is 4.93. The first kappa shape index (κ1) is 15.8. The van der Waals surface area contributed by atoms with Crippen LogP contribution >= 0.6 is 12.4 Å². The topological polar surface area (TPSA) is 76.8 Å². The van der Waals surface area contributed by atoms with Gasteiger partial charge in [0, 0.05) is 0 Å². The molecule has 0 fully saturated rings. The van der Waals surface area contributed by atoms with Crippen LogP contribution in [0, 0.1) is 0 Å². The Morgan fingerprint density at radius 2 is 1.45 bits per heavy atom. The van der Waals surface area contributed by atoms with E-state index in [0.29, 0.717) is 0 Å². The van der Waals surface area contributed by atoms with Crippen LogP contribution in [-0.2, 0) is 0 Å². The van der Waals surface area contributed by atoms with Gasteiger partial charge in [-0.25, -0.2) is 0 Å². The zero-order chi connectivity index (χ0) is 14.8. The lowest BCUT2D eigenvalue weighted by Crippen LogP contribution is -2.22. The molecule has 3 rings (SSSR count). The molecule has 0 bridgehead atoms. The SMILES string of the molecule is C/C(=N\N=C(N)N)c1ccc2ccc3ccccc3c2c1.Cl. The molecule has 0 atom stereocenters. The third-order valence-corrected chi connectivity index (χ3v) is 3.48. The molecule has 112 valence electrons. The summed E-state index contributed by atoms with van der Waals surface area (Å²) in [6.07, 6.45) is 0. The fraction of sp³-hybridized carbons (Fsp3) is 0.0588. The number of hydrogen-bond donors (Lipinski definition) is 2. The molecule has 0 spiro atoms. The third-order valence-electron chi connectivity index (χ3n) is 3.48. The Kier molecular flexibility index (Phi) is 4.63. The first-order chi connectivity index (χ1) is 10.1. The fourth-order valence-corrected chi connectivity index (χ4v) is 2.42. The number of halogens is 1. The minimum absolute atomic E-state index is 0. The molecule has 0 aliphatic rings. The molecule has 3 aromatic rings. The van der Waals surface area contributed by atoms with E-state index in [-0.39, 0.29) is 18.4 Å². The Balaban J connectivity index is 0.00000176. The zero-order valence-corrected chi connectivity index (χ0v) is 13.0. The van der Waals surface area contributed by atoms with Crippen molar-refractivity contribution in [3.8, 4) is 0 Å². The van der Waals surface area contributed by atoms with Crippen LogP contribution in [0.4, 0.5) is 0 Å². The van der Waals surface area contributed by atoms with E-state index < -0.39 is 0 Å². The van der Waals surface area contributed by atoms with E-state index in [0.717, 1.165) is 11.3 Å². The van der Waals surface area contributed by atoms with Gasteiger partial charge in [0.05, 0.1) is 5.71 Å². The van der Waals surface area contributed by atoms with Crippen LogP contribution < -0.4 is 11.5 Å². The lowest BCUT2D eigenvalue weighted by molar-refractivity contribution is 1.20. The quantitative estimate of drug-likeness (QED) is 0.329. The summed E-state index contributed by atoms with van der Waals surface area (Å²) in [4.78, 5) is 0. The van der Waals surface area contributed by atoms with Crippen molar-refractivity contribution in [1.29, 1.82) is 0 Å². The van der Waals surface area contributed by atoms with Crippen molar-refractivity contribution in [3.05, 3.63) is 60.2 Å². The highest BCUT2D eigenvalue weighted by Gasteiger charge is 2.03. The minimum atomic E-state index is -0.0411. The van der Waals surface area contributed by atoms with Crippen molar-refractivity contribution in [2.24, 2.45) is 21.7 Å². The van der Waals surface area contributed by atoms with E-state index in [4.69, 9.17) is 11.5 Å². The van der Waals surface area contributed by atoms with E-state index in [2.05, 4.69) is 52.7 Å². The molecule has 0 saturated heterocycles. The summed E-state index contributed by atoms with van der Waals surface area (Å²) in [5.74, 6) is -0.0411. The second kappa shape index (κ2) is 6.45. The molecule has 22 heavy (non-hydrogen) atoms. The average molecular weight is 313 g/mol. The summed E-state index contributed by atoms with van der Waals surface area (Å²) < 4.78 is 0. The maximum absolute atomic E-state index is 5.30. The molecular formula is C17H17ClN4. The summed E-state index contributed by atoms with van der Waals surface area (Å²) >= 11 is 0. The molecule has 0 heterocycles. The van der Waals surface area contributed by atoms with Gasteiger partial charge in [-0.3, -0.25) is 0 Å². The molecule has 0 unspecified atom stereocenters. The molecule has 0 amide bonds.